The highest BCUT2D eigenvalue weighted by molar-refractivity contribution is 5.82. The molecule has 0 saturated carbocycles. The standard InChI is InChI=1S/C47H88O2/c1-4-7-10-13-15-16-17-18-19-20-21-22-23-24-25-26-27-28-29-30-31-32-33-34-35-36-38-41-44-49-47(48)45-46(42-39-12-9-6-3)43-40-37-14-11-8-5-2/h15-16,18-19,45H,4-14,17,20-44H2,1-3H3/b16-15?,19-18?,46-45+. The van der Waals surface area contributed by atoms with E-state index in [1.54, 1.807) is 0 Å². The van der Waals surface area contributed by atoms with Crippen LogP contribution in [0.5, 0.6) is 0 Å². The molecule has 0 aliphatic heterocycles. The second-order valence-corrected chi connectivity index (χ2v) is 15.1. The molecular formula is C47H88O2. The number of carbonyl (C=O) groups is 1. The van der Waals surface area contributed by atoms with Crippen LogP contribution in [0.2, 0.25) is 0 Å². The van der Waals surface area contributed by atoms with Gasteiger partial charge in [0, 0.05) is 6.08 Å². The fourth-order valence-corrected chi connectivity index (χ4v) is 6.77. The molecule has 0 aliphatic rings. The summed E-state index contributed by atoms with van der Waals surface area (Å²) in [6.45, 7) is 7.38. The van der Waals surface area contributed by atoms with Crippen molar-refractivity contribution in [1.82, 2.24) is 0 Å². The van der Waals surface area contributed by atoms with Gasteiger partial charge in [0.05, 0.1) is 6.61 Å². The molecule has 2 heteroatoms. The van der Waals surface area contributed by atoms with Crippen LogP contribution in [0.25, 0.3) is 0 Å². The average molecular weight is 685 g/mol. The third kappa shape index (κ3) is 41.0. The van der Waals surface area contributed by atoms with Gasteiger partial charge in [-0.3, -0.25) is 0 Å². The molecule has 0 aromatic heterocycles. The smallest absolute Gasteiger partial charge is 0.330 e. The zero-order valence-electron chi connectivity index (χ0n) is 33.9. The van der Waals surface area contributed by atoms with Gasteiger partial charge in [-0.25, -0.2) is 4.79 Å². The Bertz CT molecular complexity index is 732. The van der Waals surface area contributed by atoms with Crippen molar-refractivity contribution >= 4 is 5.97 Å². The zero-order valence-corrected chi connectivity index (χ0v) is 33.9. The Morgan fingerprint density at radius 3 is 1.16 bits per heavy atom. The van der Waals surface area contributed by atoms with Crippen LogP contribution in [0, 0.1) is 0 Å². The van der Waals surface area contributed by atoms with Crippen LogP contribution in [-0.2, 0) is 9.53 Å². The highest BCUT2D eigenvalue weighted by atomic mass is 16.5. The molecule has 0 bridgehead atoms. The van der Waals surface area contributed by atoms with Crippen LogP contribution < -0.4 is 0 Å². The van der Waals surface area contributed by atoms with E-state index in [-0.39, 0.29) is 5.97 Å². The van der Waals surface area contributed by atoms with Gasteiger partial charge in [-0.05, 0) is 64.2 Å². The molecule has 288 valence electrons. The molecule has 0 aromatic rings. The first-order chi connectivity index (χ1) is 24.2. The summed E-state index contributed by atoms with van der Waals surface area (Å²) in [6.07, 6.45) is 58.7. The van der Waals surface area contributed by atoms with Crippen LogP contribution in [-0.4, -0.2) is 12.6 Å². The summed E-state index contributed by atoms with van der Waals surface area (Å²) in [6, 6.07) is 0. The molecule has 0 unspecified atom stereocenters. The molecular weight excluding hydrogens is 597 g/mol. The van der Waals surface area contributed by atoms with E-state index in [1.165, 1.54) is 211 Å². The Morgan fingerprint density at radius 1 is 0.388 bits per heavy atom. The van der Waals surface area contributed by atoms with Crippen LogP contribution in [0.4, 0.5) is 0 Å². The van der Waals surface area contributed by atoms with Crippen molar-refractivity contribution in [1.29, 1.82) is 0 Å². The first-order valence-electron chi connectivity index (χ1n) is 22.4. The Balaban J connectivity index is 3.52. The molecule has 0 fully saturated rings. The van der Waals surface area contributed by atoms with Crippen LogP contribution >= 0.6 is 0 Å². The number of hydrogen-bond acceptors (Lipinski definition) is 2. The molecule has 0 radical (unpaired) electrons. The number of allylic oxidation sites excluding steroid dienone is 5. The third-order valence-corrected chi connectivity index (χ3v) is 10.1. The summed E-state index contributed by atoms with van der Waals surface area (Å²) in [5.41, 5.74) is 1.32. The lowest BCUT2D eigenvalue weighted by molar-refractivity contribution is -0.137. The van der Waals surface area contributed by atoms with Gasteiger partial charge >= 0.3 is 5.97 Å². The number of carbonyl (C=O) groups excluding carboxylic acids is 1. The van der Waals surface area contributed by atoms with Crippen molar-refractivity contribution in [3.63, 3.8) is 0 Å². The number of esters is 1. The highest BCUT2D eigenvalue weighted by Crippen LogP contribution is 2.19. The third-order valence-electron chi connectivity index (χ3n) is 10.1. The van der Waals surface area contributed by atoms with E-state index in [1.807, 2.05) is 6.08 Å². The zero-order chi connectivity index (χ0) is 35.6. The van der Waals surface area contributed by atoms with Crippen molar-refractivity contribution in [3.05, 3.63) is 36.0 Å². The number of hydrogen-bond donors (Lipinski definition) is 0. The monoisotopic (exact) mass is 685 g/mol. The van der Waals surface area contributed by atoms with Crippen LogP contribution in [0.3, 0.4) is 0 Å². The Kier molecular flexibility index (Phi) is 41.7. The predicted molar refractivity (Wildman–Crippen MR) is 221 cm³/mol. The van der Waals surface area contributed by atoms with Crippen LogP contribution in [0.15, 0.2) is 36.0 Å². The minimum Gasteiger partial charge on any atom is -0.463 e. The summed E-state index contributed by atoms with van der Waals surface area (Å²) < 4.78 is 5.60. The SMILES string of the molecule is CCCCCC=CCC=CCCCCCCCCCCCCCCCCCCCCOC(=O)/C=C(\CCCCCC)CCCCCCCC. The summed E-state index contributed by atoms with van der Waals surface area (Å²) in [7, 11) is 0. The number of rotatable bonds is 40. The maximum Gasteiger partial charge on any atom is 0.330 e. The van der Waals surface area contributed by atoms with Gasteiger partial charge in [0.2, 0.25) is 0 Å². The summed E-state index contributed by atoms with van der Waals surface area (Å²) in [5, 5.41) is 0. The van der Waals surface area contributed by atoms with Gasteiger partial charge in [0.15, 0.2) is 0 Å². The van der Waals surface area contributed by atoms with E-state index in [4.69, 9.17) is 4.74 Å². The van der Waals surface area contributed by atoms with Gasteiger partial charge in [-0.2, -0.15) is 0 Å². The van der Waals surface area contributed by atoms with Gasteiger partial charge in [0.1, 0.15) is 0 Å². The first-order valence-corrected chi connectivity index (χ1v) is 22.4. The molecule has 0 saturated heterocycles. The molecule has 0 rings (SSSR count). The first kappa shape index (κ1) is 47.7. The molecule has 0 heterocycles. The minimum absolute atomic E-state index is 0.0991. The Hall–Kier alpha value is -1.31. The summed E-state index contributed by atoms with van der Waals surface area (Å²) >= 11 is 0. The number of ether oxygens (including phenoxy) is 1. The molecule has 0 aliphatic carbocycles. The molecule has 0 amide bonds. The highest BCUT2D eigenvalue weighted by Gasteiger charge is 2.05. The predicted octanol–water partition coefficient (Wildman–Crippen LogP) is 16.7. The normalized spacial score (nSPS) is 12.2. The Morgan fingerprint density at radius 2 is 0.714 bits per heavy atom. The van der Waals surface area contributed by atoms with Gasteiger partial charge in [0.25, 0.3) is 0 Å². The van der Waals surface area contributed by atoms with E-state index in [0.717, 1.165) is 25.7 Å². The van der Waals surface area contributed by atoms with Gasteiger partial charge in [-0.15, -0.1) is 0 Å². The van der Waals surface area contributed by atoms with Gasteiger partial charge in [-0.1, -0.05) is 218 Å². The molecule has 2 nitrogen and oxygen atoms in total. The van der Waals surface area contributed by atoms with E-state index in [9.17, 15) is 4.79 Å². The molecule has 0 atom stereocenters. The summed E-state index contributed by atoms with van der Waals surface area (Å²) in [4.78, 5) is 12.5. The maximum atomic E-state index is 12.5. The summed E-state index contributed by atoms with van der Waals surface area (Å²) in [5.74, 6) is -0.0991. The van der Waals surface area contributed by atoms with Crippen molar-refractivity contribution in [3.8, 4) is 0 Å². The maximum absolute atomic E-state index is 12.5. The fraction of sp³-hybridized carbons (Fsp3) is 0.851. The topological polar surface area (TPSA) is 26.3 Å². The van der Waals surface area contributed by atoms with Crippen molar-refractivity contribution in [2.45, 2.75) is 252 Å². The largest absolute Gasteiger partial charge is 0.463 e. The molecule has 0 N–H and O–H groups in total. The Labute approximate surface area is 309 Å². The van der Waals surface area contributed by atoms with E-state index in [0.29, 0.717) is 6.61 Å². The lowest BCUT2D eigenvalue weighted by Crippen LogP contribution is -2.04. The minimum atomic E-state index is -0.0991. The molecule has 0 aromatic carbocycles. The number of unbranched alkanes of at least 4 members (excludes halogenated alkanes) is 29. The van der Waals surface area contributed by atoms with Crippen molar-refractivity contribution in [2.75, 3.05) is 6.61 Å². The molecule has 49 heavy (non-hydrogen) atoms. The molecule has 0 spiro atoms. The van der Waals surface area contributed by atoms with Gasteiger partial charge < -0.3 is 4.74 Å². The van der Waals surface area contributed by atoms with Crippen LogP contribution in [0.1, 0.15) is 252 Å². The van der Waals surface area contributed by atoms with Crippen molar-refractivity contribution < 1.29 is 9.53 Å². The second-order valence-electron chi connectivity index (χ2n) is 15.1. The van der Waals surface area contributed by atoms with E-state index < -0.39 is 0 Å². The second kappa shape index (κ2) is 42.9. The van der Waals surface area contributed by atoms with E-state index >= 15 is 0 Å². The quantitative estimate of drug-likeness (QED) is 0.0278. The average Bonchev–Trinajstić information content (AvgIpc) is 3.10. The van der Waals surface area contributed by atoms with Crippen molar-refractivity contribution in [2.24, 2.45) is 0 Å². The fourth-order valence-electron chi connectivity index (χ4n) is 6.77. The lowest BCUT2D eigenvalue weighted by Gasteiger charge is -2.09. The lowest BCUT2D eigenvalue weighted by atomic mass is 9.99. The van der Waals surface area contributed by atoms with E-state index in [2.05, 4.69) is 45.1 Å².